The maximum absolute atomic E-state index is 13.1. The summed E-state index contributed by atoms with van der Waals surface area (Å²) in [5, 5.41) is 0. The van der Waals surface area contributed by atoms with E-state index < -0.39 is 17.0 Å². The summed E-state index contributed by atoms with van der Waals surface area (Å²) < 4.78 is 30.7. The van der Waals surface area contributed by atoms with Crippen molar-refractivity contribution in [1.29, 1.82) is 0 Å². The Balaban J connectivity index is 2.10. The second-order valence-electron chi connectivity index (χ2n) is 4.73. The summed E-state index contributed by atoms with van der Waals surface area (Å²) in [6.07, 6.45) is 1.54. The van der Waals surface area contributed by atoms with E-state index in [0.717, 1.165) is 25.0 Å². The molecule has 0 amide bonds. The zero-order chi connectivity index (χ0) is 13.3. The fourth-order valence-electron chi connectivity index (χ4n) is 2.06. The van der Waals surface area contributed by atoms with Crippen molar-refractivity contribution in [3.05, 3.63) is 29.8 Å². The number of ether oxygens (including phenoxy) is 1. The summed E-state index contributed by atoms with van der Waals surface area (Å²) >= 11 is 0. The molecule has 98 valence electrons. The first kappa shape index (κ1) is 12.8. The second-order valence-corrected chi connectivity index (χ2v) is 4.73. The monoisotopic (exact) mass is 255 g/mol. The minimum Gasteiger partial charge on any atom is -0.469 e. The van der Waals surface area contributed by atoms with Crippen molar-refractivity contribution >= 4 is 11.7 Å². The van der Waals surface area contributed by atoms with Crippen molar-refractivity contribution < 1.29 is 18.3 Å². The number of halogens is 2. The van der Waals surface area contributed by atoms with Crippen LogP contribution in [0.2, 0.25) is 0 Å². The molecule has 3 nitrogen and oxygen atoms in total. The Labute approximate surface area is 104 Å². The SMILES string of the molecule is COC(=O)C1(CN(C)c2ccc(F)c(F)c2)CC1. The van der Waals surface area contributed by atoms with Gasteiger partial charge in [0.1, 0.15) is 0 Å². The van der Waals surface area contributed by atoms with Crippen molar-refractivity contribution in [2.75, 3.05) is 25.6 Å². The molecule has 0 saturated heterocycles. The fourth-order valence-corrected chi connectivity index (χ4v) is 2.06. The highest BCUT2D eigenvalue weighted by Crippen LogP contribution is 2.47. The van der Waals surface area contributed by atoms with Gasteiger partial charge in [-0.3, -0.25) is 4.79 Å². The Morgan fingerprint density at radius 2 is 2.06 bits per heavy atom. The molecule has 2 rings (SSSR count). The van der Waals surface area contributed by atoms with Crippen LogP contribution >= 0.6 is 0 Å². The molecule has 0 N–H and O–H groups in total. The van der Waals surface area contributed by atoms with Crippen LogP contribution in [0.25, 0.3) is 0 Å². The molecule has 0 atom stereocenters. The Bertz CT molecular complexity index is 472. The number of hydrogen-bond acceptors (Lipinski definition) is 3. The highest BCUT2D eigenvalue weighted by Gasteiger charge is 2.51. The average Bonchev–Trinajstić information content (AvgIpc) is 3.12. The predicted octanol–water partition coefficient (Wildman–Crippen LogP) is 2.35. The van der Waals surface area contributed by atoms with E-state index in [1.807, 2.05) is 0 Å². The van der Waals surface area contributed by atoms with Crippen LogP contribution in [0.15, 0.2) is 18.2 Å². The molecule has 1 aliphatic rings. The lowest BCUT2D eigenvalue weighted by atomic mass is 10.1. The molecular formula is C13H15F2NO2. The highest BCUT2D eigenvalue weighted by atomic mass is 19.2. The van der Waals surface area contributed by atoms with Crippen LogP contribution in [0, 0.1) is 17.0 Å². The number of carbonyl (C=O) groups is 1. The summed E-state index contributed by atoms with van der Waals surface area (Å²) in [5.74, 6) is -2.00. The number of benzene rings is 1. The van der Waals surface area contributed by atoms with Crippen molar-refractivity contribution in [2.24, 2.45) is 5.41 Å². The molecule has 0 bridgehead atoms. The summed E-state index contributed by atoms with van der Waals surface area (Å²) in [7, 11) is 3.11. The molecule has 1 fully saturated rings. The molecule has 1 aromatic carbocycles. The standard InChI is InChI=1S/C13H15F2NO2/c1-16(8-13(5-6-13)12(17)18-2)9-3-4-10(14)11(15)7-9/h3-4,7H,5-6,8H2,1-2H3. The van der Waals surface area contributed by atoms with Gasteiger partial charge in [-0.15, -0.1) is 0 Å². The van der Waals surface area contributed by atoms with E-state index in [1.165, 1.54) is 13.2 Å². The van der Waals surface area contributed by atoms with Crippen LogP contribution in [0.5, 0.6) is 0 Å². The van der Waals surface area contributed by atoms with Gasteiger partial charge in [-0.05, 0) is 25.0 Å². The number of hydrogen-bond donors (Lipinski definition) is 0. The quantitative estimate of drug-likeness (QED) is 0.773. The van der Waals surface area contributed by atoms with Gasteiger partial charge in [-0.25, -0.2) is 8.78 Å². The topological polar surface area (TPSA) is 29.5 Å². The first-order valence-electron chi connectivity index (χ1n) is 5.73. The van der Waals surface area contributed by atoms with Crippen molar-refractivity contribution in [3.63, 3.8) is 0 Å². The Morgan fingerprint density at radius 3 is 2.56 bits per heavy atom. The van der Waals surface area contributed by atoms with Crippen LogP contribution < -0.4 is 4.90 Å². The number of carbonyl (C=O) groups excluding carboxylic acids is 1. The number of anilines is 1. The molecule has 0 heterocycles. The maximum Gasteiger partial charge on any atom is 0.313 e. The molecule has 1 aliphatic carbocycles. The summed E-state index contributed by atoms with van der Waals surface area (Å²) in [6, 6.07) is 3.70. The molecule has 0 spiro atoms. The van der Waals surface area contributed by atoms with Gasteiger partial charge >= 0.3 is 5.97 Å². The maximum atomic E-state index is 13.1. The molecular weight excluding hydrogens is 240 g/mol. The highest BCUT2D eigenvalue weighted by molar-refractivity contribution is 5.80. The van der Waals surface area contributed by atoms with Crippen molar-refractivity contribution in [1.82, 2.24) is 0 Å². The molecule has 0 radical (unpaired) electrons. The van der Waals surface area contributed by atoms with Crippen molar-refractivity contribution in [3.8, 4) is 0 Å². The van der Waals surface area contributed by atoms with Gasteiger partial charge in [0.2, 0.25) is 0 Å². The second kappa shape index (κ2) is 4.55. The van der Waals surface area contributed by atoms with Crippen LogP contribution in [0.3, 0.4) is 0 Å². The largest absolute Gasteiger partial charge is 0.469 e. The van der Waals surface area contributed by atoms with Crippen LogP contribution in [-0.4, -0.2) is 26.7 Å². The molecule has 1 aromatic rings. The lowest BCUT2D eigenvalue weighted by molar-refractivity contribution is -0.146. The third kappa shape index (κ3) is 2.30. The van der Waals surface area contributed by atoms with E-state index in [-0.39, 0.29) is 5.97 Å². The zero-order valence-electron chi connectivity index (χ0n) is 10.4. The third-order valence-electron chi connectivity index (χ3n) is 3.36. The lowest BCUT2D eigenvalue weighted by Crippen LogP contribution is -2.32. The lowest BCUT2D eigenvalue weighted by Gasteiger charge is -2.24. The van der Waals surface area contributed by atoms with Crippen LogP contribution in [0.4, 0.5) is 14.5 Å². The van der Waals surface area contributed by atoms with Crippen molar-refractivity contribution in [2.45, 2.75) is 12.8 Å². The van der Waals surface area contributed by atoms with E-state index in [2.05, 4.69) is 0 Å². The van der Waals surface area contributed by atoms with E-state index in [4.69, 9.17) is 4.74 Å². The van der Waals surface area contributed by atoms with Gasteiger partial charge in [0.15, 0.2) is 11.6 Å². The summed E-state index contributed by atoms with van der Waals surface area (Å²) in [5.41, 5.74) is 0.0676. The smallest absolute Gasteiger partial charge is 0.313 e. The van der Waals surface area contributed by atoms with Gasteiger partial charge < -0.3 is 9.64 Å². The van der Waals surface area contributed by atoms with E-state index in [1.54, 1.807) is 11.9 Å². The molecule has 0 aromatic heterocycles. The van der Waals surface area contributed by atoms with Gasteiger partial charge in [0.25, 0.3) is 0 Å². The predicted molar refractivity (Wildman–Crippen MR) is 63.3 cm³/mol. The fraction of sp³-hybridized carbons (Fsp3) is 0.462. The zero-order valence-corrected chi connectivity index (χ0v) is 10.4. The number of methoxy groups -OCH3 is 1. The molecule has 5 heteroatoms. The molecule has 0 aliphatic heterocycles. The summed E-state index contributed by atoms with van der Waals surface area (Å²) in [4.78, 5) is 13.3. The average molecular weight is 255 g/mol. The van der Waals surface area contributed by atoms with Gasteiger partial charge in [0.05, 0.1) is 12.5 Å². The first-order chi connectivity index (χ1) is 8.48. The summed E-state index contributed by atoms with van der Waals surface area (Å²) in [6.45, 7) is 0.449. The minimum absolute atomic E-state index is 0.239. The van der Waals surface area contributed by atoms with Gasteiger partial charge in [-0.1, -0.05) is 0 Å². The van der Waals surface area contributed by atoms with E-state index in [0.29, 0.717) is 12.2 Å². The van der Waals surface area contributed by atoms with Gasteiger partial charge in [0, 0.05) is 25.3 Å². The Morgan fingerprint density at radius 1 is 1.39 bits per heavy atom. The van der Waals surface area contributed by atoms with E-state index in [9.17, 15) is 13.6 Å². The molecule has 18 heavy (non-hydrogen) atoms. The number of esters is 1. The minimum atomic E-state index is -0.887. The van der Waals surface area contributed by atoms with Crippen LogP contribution in [-0.2, 0) is 9.53 Å². The van der Waals surface area contributed by atoms with Gasteiger partial charge in [-0.2, -0.15) is 0 Å². The van der Waals surface area contributed by atoms with Crippen LogP contribution in [0.1, 0.15) is 12.8 Å². The first-order valence-corrected chi connectivity index (χ1v) is 5.73. The Hall–Kier alpha value is -1.65. The third-order valence-corrected chi connectivity index (χ3v) is 3.36. The number of nitrogens with zero attached hydrogens (tertiary/aromatic N) is 1. The van der Waals surface area contributed by atoms with E-state index >= 15 is 0 Å². The normalized spacial score (nSPS) is 16.2. The molecule has 0 unspecified atom stereocenters. The molecule has 1 saturated carbocycles. The number of rotatable bonds is 4. The Kier molecular flexibility index (Phi) is 3.24.